The van der Waals surface area contributed by atoms with Gasteiger partial charge in [-0.05, 0) is 12.1 Å². The van der Waals surface area contributed by atoms with Crippen molar-refractivity contribution in [3.05, 3.63) is 23.7 Å². The Morgan fingerprint density at radius 3 is 2.70 bits per heavy atom. The molecule has 0 aliphatic carbocycles. The van der Waals surface area contributed by atoms with Crippen LogP contribution in [-0.2, 0) is 5.33 Å². The van der Waals surface area contributed by atoms with Crippen LogP contribution in [-0.4, -0.2) is 5.78 Å². The first-order valence-electron chi connectivity index (χ1n) is 2.89. The third-order valence-electron chi connectivity index (χ3n) is 1.14. The molecule has 0 radical (unpaired) electrons. The topological polar surface area (TPSA) is 30.2 Å². The molecule has 0 atom stereocenters. The lowest BCUT2D eigenvalue weighted by Gasteiger charge is -1.85. The van der Waals surface area contributed by atoms with E-state index in [0.29, 0.717) is 11.1 Å². The van der Waals surface area contributed by atoms with Crippen LogP contribution in [0.15, 0.2) is 16.5 Å². The summed E-state index contributed by atoms with van der Waals surface area (Å²) in [5, 5.41) is 0.653. The lowest BCUT2D eigenvalue weighted by Crippen LogP contribution is -1.86. The van der Waals surface area contributed by atoms with Gasteiger partial charge in [0.1, 0.15) is 5.76 Å². The summed E-state index contributed by atoms with van der Waals surface area (Å²) in [5.41, 5.74) is 0. The van der Waals surface area contributed by atoms with Gasteiger partial charge in [-0.3, -0.25) is 4.79 Å². The van der Waals surface area contributed by atoms with Crippen molar-refractivity contribution >= 4 is 21.7 Å². The van der Waals surface area contributed by atoms with Gasteiger partial charge in [-0.15, -0.1) is 0 Å². The second-order valence-electron chi connectivity index (χ2n) is 1.96. The molecule has 10 heavy (non-hydrogen) atoms. The number of carbonyl (C=O) groups is 1. The molecule has 0 aromatic carbocycles. The number of hydrogen-bond acceptors (Lipinski definition) is 2. The Balaban J connectivity index is 2.88. The highest BCUT2D eigenvalue weighted by Crippen LogP contribution is 2.10. The Morgan fingerprint density at radius 2 is 2.40 bits per heavy atom. The number of ketones is 1. The van der Waals surface area contributed by atoms with Crippen LogP contribution in [0, 0.1) is 0 Å². The predicted octanol–water partition coefficient (Wildman–Crippen LogP) is 2.38. The molecule has 2 nitrogen and oxygen atoms in total. The molecular formula is C7H7BrO2. The molecule has 0 bridgehead atoms. The van der Waals surface area contributed by atoms with Gasteiger partial charge >= 0.3 is 0 Å². The zero-order valence-corrected chi connectivity index (χ0v) is 7.14. The molecule has 0 fully saturated rings. The molecule has 1 rings (SSSR count). The Bertz CT molecular complexity index is 240. The minimum Gasteiger partial charge on any atom is -0.457 e. The maximum Gasteiger partial charge on any atom is 0.194 e. The minimum absolute atomic E-state index is 0.0350. The van der Waals surface area contributed by atoms with Crippen molar-refractivity contribution in [2.45, 2.75) is 12.3 Å². The van der Waals surface area contributed by atoms with Crippen molar-refractivity contribution in [2.75, 3.05) is 0 Å². The summed E-state index contributed by atoms with van der Waals surface area (Å²) in [6.07, 6.45) is 0. The fourth-order valence-corrected chi connectivity index (χ4v) is 0.940. The first-order valence-corrected chi connectivity index (χ1v) is 4.02. The molecule has 3 heteroatoms. The molecule has 0 saturated heterocycles. The van der Waals surface area contributed by atoms with Crippen molar-refractivity contribution in [1.82, 2.24) is 0 Å². The fourth-order valence-electron chi connectivity index (χ4n) is 0.639. The quantitative estimate of drug-likeness (QED) is 0.545. The Labute approximate surface area is 67.3 Å². The fraction of sp³-hybridized carbons (Fsp3) is 0.286. The van der Waals surface area contributed by atoms with Crippen LogP contribution >= 0.6 is 15.9 Å². The van der Waals surface area contributed by atoms with E-state index in [0.717, 1.165) is 5.76 Å². The number of hydrogen-bond donors (Lipinski definition) is 0. The molecule has 0 aliphatic heterocycles. The lowest BCUT2D eigenvalue weighted by molar-refractivity contribution is 0.0986. The van der Waals surface area contributed by atoms with Crippen LogP contribution in [0.25, 0.3) is 0 Å². The third kappa shape index (κ3) is 1.48. The number of Topliss-reactive ketones (excluding diaryl/α,β-unsaturated/α-hetero) is 1. The predicted molar refractivity (Wildman–Crippen MR) is 41.3 cm³/mol. The molecule has 1 aromatic rings. The summed E-state index contributed by atoms with van der Waals surface area (Å²) < 4.78 is 5.10. The maximum atomic E-state index is 10.7. The van der Waals surface area contributed by atoms with E-state index in [2.05, 4.69) is 15.9 Å². The van der Waals surface area contributed by atoms with Crippen molar-refractivity contribution in [2.24, 2.45) is 0 Å². The van der Waals surface area contributed by atoms with Crippen LogP contribution in [0.3, 0.4) is 0 Å². The molecule has 0 amide bonds. The zero-order chi connectivity index (χ0) is 7.56. The minimum atomic E-state index is -0.0350. The lowest BCUT2D eigenvalue weighted by atomic mass is 10.3. The molecule has 0 aliphatic rings. The molecule has 0 unspecified atom stereocenters. The Morgan fingerprint density at radius 1 is 1.70 bits per heavy atom. The normalized spacial score (nSPS) is 9.80. The third-order valence-corrected chi connectivity index (χ3v) is 1.69. The molecule has 0 spiro atoms. The van der Waals surface area contributed by atoms with E-state index in [9.17, 15) is 4.79 Å². The summed E-state index contributed by atoms with van der Waals surface area (Å²) in [6.45, 7) is 1.48. The van der Waals surface area contributed by atoms with Crippen LogP contribution in [0.5, 0.6) is 0 Å². The highest BCUT2D eigenvalue weighted by Gasteiger charge is 2.03. The summed E-state index contributed by atoms with van der Waals surface area (Å²) in [7, 11) is 0. The number of rotatable bonds is 2. The summed E-state index contributed by atoms with van der Waals surface area (Å²) >= 11 is 3.21. The summed E-state index contributed by atoms with van der Waals surface area (Å²) in [6, 6.07) is 3.46. The second-order valence-corrected chi connectivity index (χ2v) is 2.52. The van der Waals surface area contributed by atoms with E-state index in [1.165, 1.54) is 6.92 Å². The van der Waals surface area contributed by atoms with Crippen LogP contribution < -0.4 is 0 Å². The van der Waals surface area contributed by atoms with Gasteiger partial charge in [0.15, 0.2) is 11.5 Å². The molecule has 1 heterocycles. The van der Waals surface area contributed by atoms with Crippen molar-refractivity contribution in [3.8, 4) is 0 Å². The van der Waals surface area contributed by atoms with E-state index in [-0.39, 0.29) is 5.78 Å². The highest BCUT2D eigenvalue weighted by atomic mass is 79.9. The summed E-state index contributed by atoms with van der Waals surface area (Å²) in [4.78, 5) is 10.7. The first-order chi connectivity index (χ1) is 4.74. The smallest absolute Gasteiger partial charge is 0.194 e. The Kier molecular flexibility index (Phi) is 2.27. The second kappa shape index (κ2) is 3.01. The number of furan rings is 1. The monoisotopic (exact) mass is 202 g/mol. The van der Waals surface area contributed by atoms with Crippen molar-refractivity contribution in [1.29, 1.82) is 0 Å². The number of alkyl halides is 1. The van der Waals surface area contributed by atoms with Gasteiger partial charge in [-0.2, -0.15) is 0 Å². The SMILES string of the molecule is CC(=O)c1ccc(CBr)o1. The highest BCUT2D eigenvalue weighted by molar-refractivity contribution is 9.08. The van der Waals surface area contributed by atoms with Gasteiger partial charge in [-0.25, -0.2) is 0 Å². The van der Waals surface area contributed by atoms with Crippen LogP contribution in [0.1, 0.15) is 23.2 Å². The molecule has 0 N–H and O–H groups in total. The Hall–Kier alpha value is -0.570. The largest absolute Gasteiger partial charge is 0.457 e. The van der Waals surface area contributed by atoms with Crippen molar-refractivity contribution < 1.29 is 9.21 Å². The standard InChI is InChI=1S/C7H7BrO2/c1-5(9)7-3-2-6(4-8)10-7/h2-3H,4H2,1H3. The van der Waals surface area contributed by atoms with Gasteiger partial charge in [-0.1, -0.05) is 15.9 Å². The van der Waals surface area contributed by atoms with E-state index in [4.69, 9.17) is 4.42 Å². The van der Waals surface area contributed by atoms with Gasteiger partial charge in [0, 0.05) is 6.92 Å². The van der Waals surface area contributed by atoms with Gasteiger partial charge < -0.3 is 4.42 Å². The molecule has 54 valence electrons. The van der Waals surface area contributed by atoms with Gasteiger partial charge in [0.05, 0.1) is 5.33 Å². The molecule has 0 saturated carbocycles. The number of carbonyl (C=O) groups excluding carboxylic acids is 1. The van der Waals surface area contributed by atoms with E-state index >= 15 is 0 Å². The molecular weight excluding hydrogens is 196 g/mol. The zero-order valence-electron chi connectivity index (χ0n) is 5.56. The van der Waals surface area contributed by atoms with Crippen LogP contribution in [0.2, 0.25) is 0 Å². The van der Waals surface area contributed by atoms with E-state index in [1.807, 2.05) is 0 Å². The maximum absolute atomic E-state index is 10.7. The average molecular weight is 203 g/mol. The van der Waals surface area contributed by atoms with E-state index in [1.54, 1.807) is 12.1 Å². The molecule has 1 aromatic heterocycles. The first kappa shape index (κ1) is 7.54. The number of halogens is 1. The van der Waals surface area contributed by atoms with Crippen LogP contribution in [0.4, 0.5) is 0 Å². The summed E-state index contributed by atoms with van der Waals surface area (Å²) in [5.74, 6) is 1.17. The average Bonchev–Trinajstić information content (AvgIpc) is 2.34. The van der Waals surface area contributed by atoms with Gasteiger partial charge in [0.2, 0.25) is 0 Å². The van der Waals surface area contributed by atoms with Gasteiger partial charge in [0.25, 0.3) is 0 Å². The van der Waals surface area contributed by atoms with E-state index < -0.39 is 0 Å². The van der Waals surface area contributed by atoms with Crippen molar-refractivity contribution in [3.63, 3.8) is 0 Å².